The van der Waals surface area contributed by atoms with Crippen LogP contribution in [0.15, 0.2) is 17.0 Å². The summed E-state index contributed by atoms with van der Waals surface area (Å²) in [4.78, 5) is 0.812. The quantitative estimate of drug-likeness (QED) is 0.647. The number of nitrogens with two attached hydrogens (primary N) is 1. The van der Waals surface area contributed by atoms with Gasteiger partial charge in [-0.05, 0) is 42.7 Å². The molecular formula is C10H12FNS. The number of thioether (sulfide) groups is 1. The van der Waals surface area contributed by atoms with E-state index in [2.05, 4.69) is 0 Å². The maximum Gasteiger partial charge on any atom is 0.139 e. The zero-order valence-electron chi connectivity index (χ0n) is 7.35. The molecule has 0 radical (unpaired) electrons. The largest absolute Gasteiger partial charge is 0.399 e. The van der Waals surface area contributed by atoms with E-state index in [1.807, 2.05) is 6.07 Å². The molecule has 0 unspecified atom stereocenters. The number of hydrogen-bond donors (Lipinski definition) is 1. The average Bonchev–Trinajstić information content (AvgIpc) is 2.28. The summed E-state index contributed by atoms with van der Waals surface area (Å²) in [5.74, 6) is 0.871. The first-order chi connectivity index (χ1) is 6.27. The minimum Gasteiger partial charge on any atom is -0.399 e. The minimum atomic E-state index is -0.151. The highest BCUT2D eigenvalue weighted by molar-refractivity contribution is 7.99. The van der Waals surface area contributed by atoms with Crippen molar-refractivity contribution in [3.8, 4) is 0 Å². The van der Waals surface area contributed by atoms with Crippen molar-refractivity contribution >= 4 is 17.4 Å². The van der Waals surface area contributed by atoms with E-state index in [0.717, 1.165) is 29.1 Å². The third kappa shape index (κ3) is 1.80. The Labute approximate surface area is 81.5 Å². The maximum atomic E-state index is 13.4. The molecule has 0 amide bonds. The Hall–Kier alpha value is -0.700. The minimum absolute atomic E-state index is 0.151. The zero-order valence-corrected chi connectivity index (χ0v) is 8.16. The highest BCUT2D eigenvalue weighted by Crippen LogP contribution is 2.32. The Balaban J connectivity index is 2.47. The molecule has 0 saturated heterocycles. The van der Waals surface area contributed by atoms with E-state index in [9.17, 15) is 4.39 Å². The Morgan fingerprint density at radius 2 is 2.15 bits per heavy atom. The SMILES string of the molecule is Nc1cc(F)c2c(c1)CCCCS2. The van der Waals surface area contributed by atoms with Crippen molar-refractivity contribution in [2.24, 2.45) is 0 Å². The average molecular weight is 197 g/mol. The van der Waals surface area contributed by atoms with Gasteiger partial charge in [0.05, 0.1) is 0 Å². The predicted octanol–water partition coefficient (Wildman–Crippen LogP) is 2.84. The van der Waals surface area contributed by atoms with Crippen molar-refractivity contribution in [3.05, 3.63) is 23.5 Å². The highest BCUT2D eigenvalue weighted by atomic mass is 32.2. The summed E-state index contributed by atoms with van der Waals surface area (Å²) in [6, 6.07) is 3.31. The first-order valence-electron chi connectivity index (χ1n) is 4.48. The molecule has 1 nitrogen and oxygen atoms in total. The molecule has 0 fully saturated rings. The van der Waals surface area contributed by atoms with Crippen LogP contribution in [0.4, 0.5) is 10.1 Å². The van der Waals surface area contributed by atoms with Crippen LogP contribution in [0.3, 0.4) is 0 Å². The maximum absolute atomic E-state index is 13.4. The Bertz CT molecular complexity index is 325. The molecule has 1 heterocycles. The molecule has 0 aromatic heterocycles. The summed E-state index contributed by atoms with van der Waals surface area (Å²) >= 11 is 1.61. The summed E-state index contributed by atoms with van der Waals surface area (Å²) in [5.41, 5.74) is 7.21. The fraction of sp³-hybridized carbons (Fsp3) is 0.400. The lowest BCUT2D eigenvalue weighted by Gasteiger charge is -2.06. The lowest BCUT2D eigenvalue weighted by Crippen LogP contribution is -1.94. The van der Waals surface area contributed by atoms with Crippen LogP contribution in [0, 0.1) is 5.82 Å². The second kappa shape index (κ2) is 3.58. The van der Waals surface area contributed by atoms with Crippen LogP contribution in [-0.2, 0) is 6.42 Å². The fourth-order valence-corrected chi connectivity index (χ4v) is 2.71. The molecule has 2 N–H and O–H groups in total. The van der Waals surface area contributed by atoms with Gasteiger partial charge in [0.1, 0.15) is 5.82 Å². The molecule has 2 rings (SSSR count). The standard InChI is InChI=1S/C10H12FNS/c11-9-6-8(12)5-7-3-1-2-4-13-10(7)9/h5-6H,1-4,12H2. The van der Waals surface area contributed by atoms with Crippen LogP contribution in [-0.4, -0.2) is 5.75 Å². The van der Waals surface area contributed by atoms with E-state index < -0.39 is 0 Å². The lowest BCUT2D eigenvalue weighted by molar-refractivity contribution is 0.598. The van der Waals surface area contributed by atoms with E-state index in [4.69, 9.17) is 5.73 Å². The van der Waals surface area contributed by atoms with Crippen LogP contribution >= 0.6 is 11.8 Å². The molecule has 0 saturated carbocycles. The zero-order chi connectivity index (χ0) is 9.26. The molecule has 0 bridgehead atoms. The van der Waals surface area contributed by atoms with Crippen LogP contribution < -0.4 is 5.73 Å². The van der Waals surface area contributed by atoms with Gasteiger partial charge in [-0.3, -0.25) is 0 Å². The molecule has 0 aliphatic carbocycles. The van der Waals surface area contributed by atoms with Gasteiger partial charge in [-0.2, -0.15) is 0 Å². The molecular weight excluding hydrogens is 185 g/mol. The molecule has 0 atom stereocenters. The van der Waals surface area contributed by atoms with Crippen LogP contribution in [0.25, 0.3) is 0 Å². The van der Waals surface area contributed by atoms with Crippen molar-refractivity contribution in [2.45, 2.75) is 24.2 Å². The number of hydrogen-bond acceptors (Lipinski definition) is 2. The van der Waals surface area contributed by atoms with Gasteiger partial charge in [-0.1, -0.05) is 0 Å². The van der Waals surface area contributed by atoms with Gasteiger partial charge in [-0.25, -0.2) is 4.39 Å². The summed E-state index contributed by atoms with van der Waals surface area (Å²) < 4.78 is 13.4. The molecule has 1 aromatic carbocycles. The van der Waals surface area contributed by atoms with Crippen molar-refractivity contribution in [2.75, 3.05) is 11.5 Å². The number of aryl methyl sites for hydroxylation is 1. The summed E-state index contributed by atoms with van der Waals surface area (Å²) in [5, 5.41) is 0. The van der Waals surface area contributed by atoms with E-state index in [0.29, 0.717) is 5.69 Å². The molecule has 1 aliphatic heterocycles. The second-order valence-corrected chi connectivity index (χ2v) is 4.40. The molecule has 1 aliphatic rings. The third-order valence-electron chi connectivity index (χ3n) is 2.23. The number of nitrogen functional groups attached to an aromatic ring is 1. The van der Waals surface area contributed by atoms with E-state index in [-0.39, 0.29) is 5.82 Å². The normalized spacial score (nSPS) is 16.4. The second-order valence-electron chi connectivity index (χ2n) is 3.30. The van der Waals surface area contributed by atoms with E-state index in [1.165, 1.54) is 12.5 Å². The fourth-order valence-electron chi connectivity index (χ4n) is 1.61. The lowest BCUT2D eigenvalue weighted by atomic mass is 10.1. The molecule has 70 valence electrons. The Morgan fingerprint density at radius 3 is 3.00 bits per heavy atom. The van der Waals surface area contributed by atoms with Crippen LogP contribution in [0.1, 0.15) is 18.4 Å². The summed E-state index contributed by atoms with van der Waals surface area (Å²) in [6.45, 7) is 0. The molecule has 0 spiro atoms. The highest BCUT2D eigenvalue weighted by Gasteiger charge is 2.13. The molecule has 1 aromatic rings. The van der Waals surface area contributed by atoms with Crippen LogP contribution in [0.2, 0.25) is 0 Å². The summed E-state index contributed by atoms with van der Waals surface area (Å²) in [6.07, 6.45) is 3.27. The van der Waals surface area contributed by atoms with Gasteiger partial charge in [0.2, 0.25) is 0 Å². The van der Waals surface area contributed by atoms with Gasteiger partial charge in [0, 0.05) is 10.6 Å². The number of benzene rings is 1. The number of fused-ring (bicyclic) bond motifs is 1. The Morgan fingerprint density at radius 1 is 1.31 bits per heavy atom. The van der Waals surface area contributed by atoms with Crippen molar-refractivity contribution in [1.29, 1.82) is 0 Å². The van der Waals surface area contributed by atoms with E-state index in [1.54, 1.807) is 11.8 Å². The van der Waals surface area contributed by atoms with Gasteiger partial charge < -0.3 is 5.73 Å². The number of anilines is 1. The smallest absolute Gasteiger partial charge is 0.139 e. The van der Waals surface area contributed by atoms with Crippen molar-refractivity contribution in [1.82, 2.24) is 0 Å². The monoisotopic (exact) mass is 197 g/mol. The van der Waals surface area contributed by atoms with Gasteiger partial charge >= 0.3 is 0 Å². The van der Waals surface area contributed by atoms with Crippen molar-refractivity contribution < 1.29 is 4.39 Å². The topological polar surface area (TPSA) is 26.0 Å². The van der Waals surface area contributed by atoms with E-state index >= 15 is 0 Å². The number of rotatable bonds is 0. The van der Waals surface area contributed by atoms with Crippen molar-refractivity contribution in [3.63, 3.8) is 0 Å². The molecule has 3 heteroatoms. The van der Waals surface area contributed by atoms with Gasteiger partial charge in [0.15, 0.2) is 0 Å². The third-order valence-corrected chi connectivity index (χ3v) is 3.47. The first kappa shape index (κ1) is 8.88. The number of halogens is 1. The summed E-state index contributed by atoms with van der Waals surface area (Å²) in [7, 11) is 0. The molecule has 13 heavy (non-hydrogen) atoms. The first-order valence-corrected chi connectivity index (χ1v) is 5.46. The Kier molecular flexibility index (Phi) is 2.44. The predicted molar refractivity (Wildman–Crippen MR) is 54.5 cm³/mol. The van der Waals surface area contributed by atoms with Crippen LogP contribution in [0.5, 0.6) is 0 Å². The van der Waals surface area contributed by atoms with Gasteiger partial charge in [0.25, 0.3) is 0 Å². The van der Waals surface area contributed by atoms with Gasteiger partial charge in [-0.15, -0.1) is 11.8 Å².